The third-order valence-corrected chi connectivity index (χ3v) is 7.59. The summed E-state index contributed by atoms with van der Waals surface area (Å²) >= 11 is 1.49. The molecule has 0 bridgehead atoms. The first-order valence-corrected chi connectivity index (χ1v) is 15.6. The molecule has 4 nitrogen and oxygen atoms in total. The van der Waals surface area contributed by atoms with Crippen LogP contribution in [0.5, 0.6) is 17.2 Å². The zero-order valence-corrected chi connectivity index (χ0v) is 25.7. The maximum atomic E-state index is 12.1. The lowest BCUT2D eigenvalue weighted by Crippen LogP contribution is -2.22. The highest BCUT2D eigenvalue weighted by Crippen LogP contribution is 2.49. The Balaban J connectivity index is 2.85. The standard InChI is InChI=1S/C29H50O4SSi/c1-10-13-14-15-16-18-24(30)34-19-17-20-35-33-23-21-22(31-11-2)25(28(4,5)6)27(32-12-3)26(23)29(7,8)9/h21H,10-20H2,1-9H3. The van der Waals surface area contributed by atoms with Gasteiger partial charge < -0.3 is 13.9 Å². The highest BCUT2D eigenvalue weighted by Gasteiger charge is 2.33. The Labute approximate surface area is 222 Å². The van der Waals surface area contributed by atoms with Crippen LogP contribution in [0.1, 0.15) is 118 Å². The molecule has 0 aliphatic carbocycles. The number of unbranched alkanes of at least 4 members (excludes halogenated alkanes) is 4. The normalized spacial score (nSPS) is 12.0. The molecule has 0 unspecified atom stereocenters. The van der Waals surface area contributed by atoms with Crippen molar-refractivity contribution in [3.63, 3.8) is 0 Å². The predicted molar refractivity (Wildman–Crippen MR) is 153 cm³/mol. The van der Waals surface area contributed by atoms with Crippen molar-refractivity contribution in [2.24, 2.45) is 0 Å². The number of thioether (sulfide) groups is 1. The molecule has 1 rings (SSSR count). The van der Waals surface area contributed by atoms with Gasteiger partial charge >= 0.3 is 9.76 Å². The number of rotatable bonds is 16. The van der Waals surface area contributed by atoms with Crippen molar-refractivity contribution in [3.05, 3.63) is 17.2 Å². The average Bonchev–Trinajstić information content (AvgIpc) is 2.74. The number of ether oxygens (including phenoxy) is 2. The Hall–Kier alpha value is -1.14. The first-order valence-electron chi connectivity index (χ1n) is 13.5. The van der Waals surface area contributed by atoms with Gasteiger partial charge in [-0.15, -0.1) is 0 Å². The van der Waals surface area contributed by atoms with E-state index in [4.69, 9.17) is 13.9 Å². The third kappa shape index (κ3) is 11.2. The van der Waals surface area contributed by atoms with Crippen molar-refractivity contribution in [3.8, 4) is 17.2 Å². The van der Waals surface area contributed by atoms with Crippen molar-refractivity contribution in [2.75, 3.05) is 19.0 Å². The maximum Gasteiger partial charge on any atom is 0.310 e. The summed E-state index contributed by atoms with van der Waals surface area (Å²) in [6.45, 7) is 20.7. The molecule has 0 aliphatic heterocycles. The largest absolute Gasteiger partial charge is 0.540 e. The Morgan fingerprint density at radius 2 is 1.43 bits per heavy atom. The van der Waals surface area contributed by atoms with E-state index in [-0.39, 0.29) is 10.8 Å². The minimum absolute atomic E-state index is 0.129. The van der Waals surface area contributed by atoms with E-state index in [1.54, 1.807) is 0 Å². The van der Waals surface area contributed by atoms with Crippen LogP contribution in [0.15, 0.2) is 6.07 Å². The Kier molecular flexibility index (Phi) is 14.4. The van der Waals surface area contributed by atoms with Crippen molar-refractivity contribution in [2.45, 2.75) is 124 Å². The number of carbonyl (C=O) groups is 1. The summed E-state index contributed by atoms with van der Waals surface area (Å²) in [5.74, 6) is 3.47. The monoisotopic (exact) mass is 522 g/mol. The first-order chi connectivity index (χ1) is 16.5. The summed E-state index contributed by atoms with van der Waals surface area (Å²) in [6, 6.07) is 3.01. The molecule has 0 aliphatic rings. The van der Waals surface area contributed by atoms with Crippen LogP contribution >= 0.6 is 11.8 Å². The fourth-order valence-electron chi connectivity index (χ4n) is 4.08. The quantitative estimate of drug-likeness (QED) is 0.161. The summed E-state index contributed by atoms with van der Waals surface area (Å²) in [5.41, 5.74) is 1.93. The van der Waals surface area contributed by atoms with Gasteiger partial charge in [0.2, 0.25) is 0 Å². The van der Waals surface area contributed by atoms with Gasteiger partial charge in [0.25, 0.3) is 0 Å². The second-order valence-corrected chi connectivity index (χ2v) is 13.2. The van der Waals surface area contributed by atoms with E-state index in [9.17, 15) is 4.79 Å². The van der Waals surface area contributed by atoms with E-state index in [1.165, 1.54) is 37.4 Å². The van der Waals surface area contributed by atoms with Gasteiger partial charge in [0.1, 0.15) is 17.2 Å². The molecule has 0 atom stereocenters. The van der Waals surface area contributed by atoms with Crippen molar-refractivity contribution in [1.82, 2.24) is 0 Å². The van der Waals surface area contributed by atoms with Gasteiger partial charge in [0, 0.05) is 29.4 Å². The van der Waals surface area contributed by atoms with E-state index < -0.39 is 0 Å². The molecule has 0 amide bonds. The highest BCUT2D eigenvalue weighted by atomic mass is 32.2. The average molecular weight is 523 g/mol. The SMILES string of the molecule is CCCCCCCC(=O)SCCC[Si]Oc1cc(OCC)c(C(C)(C)C)c(OCC)c1C(C)(C)C. The minimum Gasteiger partial charge on any atom is -0.540 e. The molecule has 200 valence electrons. The van der Waals surface area contributed by atoms with E-state index in [0.29, 0.717) is 34.5 Å². The molecule has 0 spiro atoms. The highest BCUT2D eigenvalue weighted by molar-refractivity contribution is 8.13. The number of hydrogen-bond acceptors (Lipinski definition) is 5. The molecule has 35 heavy (non-hydrogen) atoms. The van der Waals surface area contributed by atoms with Crippen LogP contribution in [0.4, 0.5) is 0 Å². The second kappa shape index (κ2) is 15.9. The van der Waals surface area contributed by atoms with Gasteiger partial charge in [0.05, 0.1) is 13.2 Å². The molecule has 2 radical (unpaired) electrons. The summed E-state index contributed by atoms with van der Waals surface area (Å²) in [7, 11) is 0.334. The van der Waals surface area contributed by atoms with Crippen molar-refractivity contribution < 1.29 is 18.7 Å². The molecule has 0 aromatic heterocycles. The predicted octanol–water partition coefficient (Wildman–Crippen LogP) is 8.51. The van der Waals surface area contributed by atoms with Crippen LogP contribution in [0.2, 0.25) is 6.04 Å². The van der Waals surface area contributed by atoms with Gasteiger partial charge in [-0.3, -0.25) is 4.79 Å². The van der Waals surface area contributed by atoms with Gasteiger partial charge in [-0.25, -0.2) is 0 Å². The lowest BCUT2D eigenvalue weighted by molar-refractivity contribution is -0.111. The first kappa shape index (κ1) is 31.9. The summed E-state index contributed by atoms with van der Waals surface area (Å²) < 4.78 is 18.8. The second-order valence-electron chi connectivity index (χ2n) is 11.1. The van der Waals surface area contributed by atoms with Crippen LogP contribution in [-0.2, 0) is 15.6 Å². The smallest absolute Gasteiger partial charge is 0.310 e. The summed E-state index contributed by atoms with van der Waals surface area (Å²) in [4.78, 5) is 12.1. The Bertz CT molecular complexity index is 765. The summed E-state index contributed by atoms with van der Waals surface area (Å²) in [5, 5.41) is 0.334. The zero-order chi connectivity index (χ0) is 26.5. The molecule has 6 heteroatoms. The molecule has 0 saturated heterocycles. The fourth-order valence-corrected chi connectivity index (χ4v) is 5.88. The number of carbonyl (C=O) groups excluding carboxylic acids is 1. The van der Waals surface area contributed by atoms with Crippen LogP contribution in [0, 0.1) is 0 Å². The van der Waals surface area contributed by atoms with Gasteiger partial charge in [-0.05, 0) is 43.6 Å². The van der Waals surface area contributed by atoms with Crippen LogP contribution in [0.3, 0.4) is 0 Å². The van der Waals surface area contributed by atoms with Gasteiger partial charge in [-0.2, -0.15) is 0 Å². The lowest BCUT2D eigenvalue weighted by Gasteiger charge is -2.33. The maximum absolute atomic E-state index is 12.1. The molecule has 0 fully saturated rings. The number of hydrogen-bond donors (Lipinski definition) is 0. The van der Waals surface area contributed by atoms with Crippen molar-refractivity contribution in [1.29, 1.82) is 0 Å². The molecule has 0 heterocycles. The molecular formula is C29H50O4SSi. The van der Waals surface area contributed by atoms with Crippen LogP contribution in [-0.4, -0.2) is 33.8 Å². The molecular weight excluding hydrogens is 472 g/mol. The van der Waals surface area contributed by atoms with Gasteiger partial charge in [-0.1, -0.05) is 85.9 Å². The van der Waals surface area contributed by atoms with Crippen LogP contribution in [0.25, 0.3) is 0 Å². The van der Waals surface area contributed by atoms with E-state index in [0.717, 1.165) is 53.0 Å². The number of benzene rings is 1. The fraction of sp³-hybridized carbons (Fsp3) is 0.759. The molecule has 0 N–H and O–H groups in total. The summed E-state index contributed by atoms with van der Waals surface area (Å²) in [6.07, 6.45) is 7.65. The van der Waals surface area contributed by atoms with Crippen LogP contribution < -0.4 is 13.9 Å². The molecule has 1 aromatic carbocycles. The Morgan fingerprint density at radius 1 is 0.829 bits per heavy atom. The zero-order valence-electron chi connectivity index (χ0n) is 23.9. The molecule has 0 saturated carbocycles. The Morgan fingerprint density at radius 3 is 2.00 bits per heavy atom. The van der Waals surface area contributed by atoms with E-state index in [2.05, 4.69) is 54.5 Å². The van der Waals surface area contributed by atoms with Crippen molar-refractivity contribution >= 4 is 26.6 Å². The topological polar surface area (TPSA) is 44.8 Å². The lowest BCUT2D eigenvalue weighted by atomic mass is 9.78. The third-order valence-electron chi connectivity index (χ3n) is 5.65. The van der Waals surface area contributed by atoms with E-state index >= 15 is 0 Å². The van der Waals surface area contributed by atoms with Gasteiger partial charge in [0.15, 0.2) is 5.12 Å². The van der Waals surface area contributed by atoms with E-state index in [1.807, 2.05) is 13.8 Å². The molecule has 1 aromatic rings. The minimum atomic E-state index is -0.144.